The summed E-state index contributed by atoms with van der Waals surface area (Å²) in [5.41, 5.74) is 28.0. The van der Waals surface area contributed by atoms with E-state index in [2.05, 4.69) is 461 Å². The Labute approximate surface area is 775 Å². The standard InChI is InChI=1S/C132H76O3/c1-3-31-77(32-4-1)84-75-115(78-33-5-2-6-34-78)130-117(76-84)125-110(59-30-60-118(125)133-130)121-101-52-23-21-50-99(101)120(100-51-22-24-53-102(100)121)107-68-67-94(91-43-14-15-44-92(91)107)109-70-72-111(127-114-66-62-80-36-8-12-41-88(80)129(114)135-132(109)127)122-97-48-19-17-46-95(97)119(96-47-18-20-49-98(96)122)83-63-64-86-81(73-83)38-29-58-90(86)108-69-71-112(126-113-65-61-79-35-7-11-40-87(79)128(113)134-131(108)126)123-103-54-25-27-56-105(103)124(106-57-28-26-55-104(106)123)116-74-82-37-9-10-39-85(82)89-42-13-16-45-93(89)116/h1-76H. The van der Waals surface area contributed by atoms with Gasteiger partial charge in [0.15, 0.2) is 0 Å². The van der Waals surface area contributed by atoms with Gasteiger partial charge in [0.2, 0.25) is 0 Å². The van der Waals surface area contributed by atoms with Crippen molar-refractivity contribution in [1.82, 2.24) is 0 Å². The van der Waals surface area contributed by atoms with Crippen molar-refractivity contribution in [2.75, 3.05) is 0 Å². The molecule has 29 rings (SSSR count). The van der Waals surface area contributed by atoms with E-state index in [0.717, 1.165) is 198 Å². The molecule has 26 aromatic carbocycles. The van der Waals surface area contributed by atoms with Crippen molar-refractivity contribution in [1.29, 1.82) is 0 Å². The fraction of sp³-hybridized carbons (Fsp3) is 0. The smallest absolute Gasteiger partial charge is 0.143 e. The normalized spacial score (nSPS) is 12.1. The summed E-state index contributed by atoms with van der Waals surface area (Å²) in [6, 6.07) is 171. The van der Waals surface area contributed by atoms with Crippen LogP contribution in [0.15, 0.2) is 474 Å². The molecule has 0 aliphatic heterocycles. The lowest BCUT2D eigenvalue weighted by molar-refractivity contribution is 0.670. The molecule has 0 aliphatic rings. The van der Waals surface area contributed by atoms with Crippen LogP contribution in [0.4, 0.5) is 0 Å². The molecule has 0 amide bonds. The van der Waals surface area contributed by atoms with E-state index in [4.69, 9.17) is 13.3 Å². The fourth-order valence-electron chi connectivity index (χ4n) is 23.7. The number of benzene rings is 26. The molecule has 0 N–H and O–H groups in total. The highest BCUT2D eigenvalue weighted by Crippen LogP contribution is 2.57. The molecule has 135 heavy (non-hydrogen) atoms. The Hall–Kier alpha value is -17.8. The highest BCUT2D eigenvalue weighted by atomic mass is 16.3. The predicted octanol–water partition coefficient (Wildman–Crippen LogP) is 37.9. The second kappa shape index (κ2) is 29.4. The van der Waals surface area contributed by atoms with Crippen LogP contribution >= 0.6 is 0 Å². The average Bonchev–Trinajstić information content (AvgIpc) is 1.67. The first-order chi connectivity index (χ1) is 67.0. The van der Waals surface area contributed by atoms with Crippen LogP contribution in [0, 0.1) is 0 Å². The molecular weight excluding hydrogens is 1630 g/mol. The first-order valence-electron chi connectivity index (χ1n) is 46.7. The maximum absolute atomic E-state index is 7.70. The topological polar surface area (TPSA) is 39.4 Å². The van der Waals surface area contributed by atoms with Crippen LogP contribution in [-0.2, 0) is 0 Å². The van der Waals surface area contributed by atoms with E-state index in [0.29, 0.717) is 0 Å². The van der Waals surface area contributed by atoms with Crippen molar-refractivity contribution in [2.24, 2.45) is 0 Å². The summed E-state index contributed by atoms with van der Waals surface area (Å²) in [6.07, 6.45) is 0. The molecule has 3 nitrogen and oxygen atoms in total. The minimum atomic E-state index is 0.845. The zero-order chi connectivity index (χ0) is 88.2. The molecule has 0 atom stereocenters. The first-order valence-corrected chi connectivity index (χ1v) is 46.7. The van der Waals surface area contributed by atoms with Gasteiger partial charge < -0.3 is 13.3 Å². The van der Waals surface area contributed by atoms with Crippen molar-refractivity contribution in [3.63, 3.8) is 0 Å². The predicted molar refractivity (Wildman–Crippen MR) is 573 cm³/mol. The quantitative estimate of drug-likeness (QED) is 0.101. The van der Waals surface area contributed by atoms with Gasteiger partial charge in [-0.2, -0.15) is 0 Å². The minimum absolute atomic E-state index is 0.845. The maximum Gasteiger partial charge on any atom is 0.143 e. The van der Waals surface area contributed by atoms with E-state index in [9.17, 15) is 0 Å². The lowest BCUT2D eigenvalue weighted by Crippen LogP contribution is -1.94. The lowest BCUT2D eigenvalue weighted by atomic mass is 9.82. The van der Waals surface area contributed by atoms with E-state index >= 15 is 0 Å². The van der Waals surface area contributed by atoms with Gasteiger partial charge in [0.25, 0.3) is 0 Å². The Morgan fingerprint density at radius 1 is 0.111 bits per heavy atom. The van der Waals surface area contributed by atoms with Crippen molar-refractivity contribution >= 4 is 195 Å². The Balaban J connectivity index is 0.589. The Morgan fingerprint density at radius 3 is 0.963 bits per heavy atom. The summed E-state index contributed by atoms with van der Waals surface area (Å²) in [4.78, 5) is 0. The maximum atomic E-state index is 7.70. The molecule has 0 unspecified atom stereocenters. The molecule has 0 saturated carbocycles. The number of rotatable bonds is 10. The molecule has 622 valence electrons. The summed E-state index contributed by atoms with van der Waals surface area (Å²) >= 11 is 0. The van der Waals surface area contributed by atoms with Crippen molar-refractivity contribution < 1.29 is 13.3 Å². The van der Waals surface area contributed by atoms with Gasteiger partial charge in [-0.15, -0.1) is 0 Å². The summed E-state index contributed by atoms with van der Waals surface area (Å²) in [5.74, 6) is 0. The monoisotopic (exact) mass is 1710 g/mol. The third kappa shape index (κ3) is 11.1. The van der Waals surface area contributed by atoms with E-state index in [1.807, 2.05) is 0 Å². The largest absolute Gasteiger partial charge is 0.455 e. The van der Waals surface area contributed by atoms with Crippen LogP contribution in [0.25, 0.3) is 306 Å². The minimum Gasteiger partial charge on any atom is -0.455 e. The zero-order valence-electron chi connectivity index (χ0n) is 73.1. The molecule has 3 aromatic heterocycles. The second-order valence-corrected chi connectivity index (χ2v) is 36.3. The molecule has 0 spiro atoms. The number of fused-ring (bicyclic) bond motifs is 24. The van der Waals surface area contributed by atoms with E-state index < -0.39 is 0 Å². The molecule has 29 aromatic rings. The van der Waals surface area contributed by atoms with E-state index in [1.54, 1.807) is 0 Å². The molecular formula is C132H76O3. The summed E-state index contributed by atoms with van der Waals surface area (Å²) in [5, 5.41) is 34.6. The van der Waals surface area contributed by atoms with E-state index in [-0.39, 0.29) is 0 Å². The van der Waals surface area contributed by atoms with Crippen LogP contribution in [0.1, 0.15) is 0 Å². The molecule has 0 saturated heterocycles. The van der Waals surface area contributed by atoms with Gasteiger partial charge in [-0.1, -0.05) is 406 Å². The lowest BCUT2D eigenvalue weighted by Gasteiger charge is -2.21. The van der Waals surface area contributed by atoms with Crippen LogP contribution in [0.5, 0.6) is 0 Å². The molecule has 0 radical (unpaired) electrons. The van der Waals surface area contributed by atoms with Gasteiger partial charge in [-0.05, 0) is 268 Å². The Morgan fingerprint density at radius 2 is 0.452 bits per heavy atom. The van der Waals surface area contributed by atoms with Gasteiger partial charge in [0, 0.05) is 59.8 Å². The van der Waals surface area contributed by atoms with Crippen LogP contribution in [0.2, 0.25) is 0 Å². The number of furan rings is 3. The zero-order valence-corrected chi connectivity index (χ0v) is 73.1. The van der Waals surface area contributed by atoms with Gasteiger partial charge >= 0.3 is 0 Å². The van der Waals surface area contributed by atoms with Gasteiger partial charge in [-0.25, -0.2) is 0 Å². The summed E-state index contributed by atoms with van der Waals surface area (Å²) < 4.78 is 22.4. The SMILES string of the molecule is c1ccc(-c2cc(-c3ccccc3)c3oc4cccc(-c5c6ccccc6c(-c6ccc(-c7ccc(-c8c9ccccc9c(-c9ccc%10c(-c%11ccc(-c%12c%13ccccc%13c(-c%13cc%14ccccc%14c%14ccccc%13%14)c%13ccccc%12%13)c%12c%11oc%11c%13ccccc%13ccc%11%12)cccc%10c9)c9ccccc89)c8c7oc7c9ccccc9ccc78)c7ccccc67)c6ccccc56)c4c3c2)cc1. The van der Waals surface area contributed by atoms with Crippen molar-refractivity contribution in [3.8, 4) is 111 Å². The highest BCUT2D eigenvalue weighted by molar-refractivity contribution is 6.35. The first kappa shape index (κ1) is 75.1. The summed E-state index contributed by atoms with van der Waals surface area (Å²) in [6.45, 7) is 0. The van der Waals surface area contributed by atoms with Gasteiger partial charge in [-0.3, -0.25) is 0 Å². The Kier molecular flexibility index (Phi) is 16.3. The summed E-state index contributed by atoms with van der Waals surface area (Å²) in [7, 11) is 0. The Bertz CT molecular complexity index is 10000. The fourth-order valence-corrected chi connectivity index (χ4v) is 23.7. The molecule has 3 heteroatoms. The van der Waals surface area contributed by atoms with Crippen LogP contribution < -0.4 is 0 Å². The number of hydrogen-bond donors (Lipinski definition) is 0. The third-order valence-corrected chi connectivity index (χ3v) is 29.4. The van der Waals surface area contributed by atoms with Crippen LogP contribution in [0.3, 0.4) is 0 Å². The highest BCUT2D eigenvalue weighted by Gasteiger charge is 2.31. The molecule has 3 heterocycles. The molecule has 0 bridgehead atoms. The van der Waals surface area contributed by atoms with Gasteiger partial charge in [0.05, 0.1) is 0 Å². The molecule has 0 aliphatic carbocycles. The van der Waals surface area contributed by atoms with Gasteiger partial charge in [0.1, 0.15) is 33.5 Å². The number of hydrogen-bond acceptors (Lipinski definition) is 3. The van der Waals surface area contributed by atoms with Crippen molar-refractivity contribution in [3.05, 3.63) is 461 Å². The average molecular weight is 1710 g/mol. The van der Waals surface area contributed by atoms with E-state index in [1.165, 1.54) is 109 Å². The second-order valence-electron chi connectivity index (χ2n) is 36.3. The van der Waals surface area contributed by atoms with Crippen LogP contribution in [-0.4, -0.2) is 0 Å². The van der Waals surface area contributed by atoms with Crippen molar-refractivity contribution in [2.45, 2.75) is 0 Å². The molecule has 0 fully saturated rings. The third-order valence-electron chi connectivity index (χ3n) is 29.4.